The Labute approximate surface area is 107 Å². The summed E-state index contributed by atoms with van der Waals surface area (Å²) in [5.74, 6) is -0.0382. The molecule has 0 aromatic heterocycles. The smallest absolute Gasteiger partial charge is 0.346 e. The lowest BCUT2D eigenvalue weighted by Crippen LogP contribution is -2.25. The minimum absolute atomic E-state index is 0.434. The third kappa shape index (κ3) is 3.74. The minimum atomic E-state index is -0.730. The molecule has 92 valence electrons. The number of carbonyl (C=O) groups excluding carboxylic acids is 1. The van der Waals surface area contributed by atoms with Gasteiger partial charge in [-0.1, -0.05) is 21.1 Å². The van der Waals surface area contributed by atoms with Crippen molar-refractivity contribution in [1.29, 1.82) is 0 Å². The number of ether oxygens (including phenoxy) is 2. The Balaban J connectivity index is 2.93. The van der Waals surface area contributed by atoms with Gasteiger partial charge in [0.05, 0.1) is 13.3 Å². The zero-order chi connectivity index (χ0) is 12.8. The van der Waals surface area contributed by atoms with Crippen LogP contribution in [0.3, 0.4) is 0 Å². The van der Waals surface area contributed by atoms with Gasteiger partial charge in [-0.2, -0.15) is 0 Å². The van der Waals surface area contributed by atoms with Crippen molar-refractivity contribution >= 4 is 28.1 Å². The Hall–Kier alpha value is -1.56. The molecule has 0 heterocycles. The van der Waals surface area contributed by atoms with Crippen molar-refractivity contribution in [2.75, 3.05) is 7.11 Å². The molecule has 0 aliphatic rings. The number of nitrogens with zero attached hydrogens (tertiary/aromatic N) is 1. The van der Waals surface area contributed by atoms with Gasteiger partial charge in [0, 0.05) is 10.0 Å². The Morgan fingerprint density at radius 3 is 2.88 bits per heavy atom. The van der Waals surface area contributed by atoms with Crippen LogP contribution in [-0.2, 0) is 9.53 Å². The highest BCUT2D eigenvalue weighted by atomic mass is 79.9. The van der Waals surface area contributed by atoms with Crippen LogP contribution in [0.15, 0.2) is 27.8 Å². The van der Waals surface area contributed by atoms with Crippen molar-refractivity contribution < 1.29 is 19.5 Å². The molecule has 1 aromatic carbocycles. The van der Waals surface area contributed by atoms with Crippen LogP contribution in [0.25, 0.3) is 0 Å². The lowest BCUT2D eigenvalue weighted by atomic mass is 10.2. The first-order valence-electron chi connectivity index (χ1n) is 4.80. The maximum absolute atomic E-state index is 11.2. The van der Waals surface area contributed by atoms with Gasteiger partial charge in [-0.25, -0.2) is 4.79 Å². The highest BCUT2D eigenvalue weighted by Gasteiger charge is 2.16. The lowest BCUT2D eigenvalue weighted by molar-refractivity contribution is -0.147. The Kier molecular flexibility index (Phi) is 4.96. The number of rotatable bonds is 4. The number of benzene rings is 1. The lowest BCUT2D eigenvalue weighted by Gasteiger charge is -2.14. The predicted molar refractivity (Wildman–Crippen MR) is 65.6 cm³/mol. The standard InChI is InChI=1S/C11H12BrNO4/c1-7(11(14)16-2)17-10-4-3-9(12)5-8(10)6-13-15/h3-7,15H,1-2H3/b13-6+/t7-/m0/s1. The quantitative estimate of drug-likeness (QED) is 0.401. The van der Waals surface area contributed by atoms with Gasteiger partial charge < -0.3 is 14.7 Å². The largest absolute Gasteiger partial charge is 0.478 e. The van der Waals surface area contributed by atoms with Crippen molar-refractivity contribution in [3.05, 3.63) is 28.2 Å². The fourth-order valence-electron chi connectivity index (χ4n) is 1.19. The molecule has 1 rings (SSSR count). The summed E-state index contributed by atoms with van der Waals surface area (Å²) in [6.07, 6.45) is 0.497. The van der Waals surface area contributed by atoms with Crippen LogP contribution in [0.5, 0.6) is 5.75 Å². The fraction of sp³-hybridized carbons (Fsp3) is 0.273. The molecule has 1 atom stereocenters. The second kappa shape index (κ2) is 6.24. The number of carbonyl (C=O) groups is 1. The molecule has 0 radical (unpaired) electrons. The van der Waals surface area contributed by atoms with E-state index in [9.17, 15) is 4.79 Å². The number of methoxy groups -OCH3 is 1. The number of oxime groups is 1. The van der Waals surface area contributed by atoms with Crippen molar-refractivity contribution in [3.63, 3.8) is 0 Å². The predicted octanol–water partition coefficient (Wildman–Crippen LogP) is 2.20. The minimum Gasteiger partial charge on any atom is -0.478 e. The monoisotopic (exact) mass is 301 g/mol. The molecule has 1 aromatic rings. The van der Waals surface area contributed by atoms with Crippen LogP contribution >= 0.6 is 15.9 Å². The van der Waals surface area contributed by atoms with Crippen LogP contribution < -0.4 is 4.74 Å². The SMILES string of the molecule is COC(=O)[C@H](C)Oc1ccc(Br)cc1/C=N/O. The molecule has 17 heavy (non-hydrogen) atoms. The highest BCUT2D eigenvalue weighted by molar-refractivity contribution is 9.10. The normalized spacial score (nSPS) is 12.4. The molecule has 0 saturated carbocycles. The second-order valence-electron chi connectivity index (χ2n) is 3.21. The maximum Gasteiger partial charge on any atom is 0.346 e. The van der Waals surface area contributed by atoms with Crippen molar-refractivity contribution in [3.8, 4) is 5.75 Å². The summed E-state index contributed by atoms with van der Waals surface area (Å²) in [4.78, 5) is 11.2. The molecule has 5 nitrogen and oxygen atoms in total. The van der Waals surface area contributed by atoms with Gasteiger partial charge in [0.1, 0.15) is 5.75 Å². The topological polar surface area (TPSA) is 68.1 Å². The summed E-state index contributed by atoms with van der Waals surface area (Å²) in [5, 5.41) is 11.5. The average molecular weight is 302 g/mol. The molecule has 0 spiro atoms. The van der Waals surface area contributed by atoms with E-state index in [0.29, 0.717) is 11.3 Å². The molecule has 6 heteroatoms. The molecule has 0 fully saturated rings. The molecular formula is C11H12BrNO4. The van der Waals surface area contributed by atoms with E-state index in [4.69, 9.17) is 9.94 Å². The maximum atomic E-state index is 11.2. The van der Waals surface area contributed by atoms with E-state index in [1.807, 2.05) is 0 Å². The molecule has 1 N–H and O–H groups in total. The summed E-state index contributed by atoms with van der Waals surface area (Å²) < 4.78 is 10.8. The fourth-order valence-corrected chi connectivity index (χ4v) is 1.57. The first-order chi connectivity index (χ1) is 8.08. The number of hydrogen-bond donors (Lipinski definition) is 1. The summed E-state index contributed by atoms with van der Waals surface area (Å²) in [6.45, 7) is 1.58. The van der Waals surface area contributed by atoms with E-state index < -0.39 is 12.1 Å². The summed E-state index contributed by atoms with van der Waals surface area (Å²) in [5.41, 5.74) is 0.553. The van der Waals surface area contributed by atoms with E-state index in [-0.39, 0.29) is 0 Å². The molecule has 0 unspecified atom stereocenters. The van der Waals surface area contributed by atoms with Crippen LogP contribution in [0.1, 0.15) is 12.5 Å². The second-order valence-corrected chi connectivity index (χ2v) is 4.13. The number of esters is 1. The van der Waals surface area contributed by atoms with Crippen LogP contribution in [-0.4, -0.2) is 30.6 Å². The van der Waals surface area contributed by atoms with E-state index in [1.165, 1.54) is 13.3 Å². The number of halogens is 1. The molecule has 0 amide bonds. The van der Waals surface area contributed by atoms with Crippen LogP contribution in [0.2, 0.25) is 0 Å². The molecule has 0 bridgehead atoms. The molecule has 0 aliphatic heterocycles. The molecular weight excluding hydrogens is 290 g/mol. The van der Waals surface area contributed by atoms with Crippen LogP contribution in [0, 0.1) is 0 Å². The van der Waals surface area contributed by atoms with Crippen LogP contribution in [0.4, 0.5) is 0 Å². The third-order valence-corrected chi connectivity index (χ3v) is 2.50. The number of hydrogen-bond acceptors (Lipinski definition) is 5. The van der Waals surface area contributed by atoms with Gasteiger partial charge in [0.25, 0.3) is 0 Å². The van der Waals surface area contributed by atoms with E-state index in [1.54, 1.807) is 25.1 Å². The van der Waals surface area contributed by atoms with Crippen molar-refractivity contribution in [2.24, 2.45) is 5.16 Å². The third-order valence-electron chi connectivity index (χ3n) is 2.01. The van der Waals surface area contributed by atoms with Gasteiger partial charge in [-0.15, -0.1) is 0 Å². The van der Waals surface area contributed by atoms with E-state index in [2.05, 4.69) is 25.8 Å². The first kappa shape index (κ1) is 13.5. The van der Waals surface area contributed by atoms with Crippen molar-refractivity contribution in [1.82, 2.24) is 0 Å². The Bertz CT molecular complexity index is 433. The van der Waals surface area contributed by atoms with Gasteiger partial charge in [-0.05, 0) is 25.1 Å². The van der Waals surface area contributed by atoms with E-state index >= 15 is 0 Å². The Morgan fingerprint density at radius 1 is 1.59 bits per heavy atom. The van der Waals surface area contributed by atoms with E-state index in [0.717, 1.165) is 4.47 Å². The van der Waals surface area contributed by atoms with Gasteiger partial charge >= 0.3 is 5.97 Å². The highest BCUT2D eigenvalue weighted by Crippen LogP contribution is 2.23. The summed E-state index contributed by atoms with van der Waals surface area (Å²) in [6, 6.07) is 5.13. The molecule has 0 aliphatic carbocycles. The zero-order valence-electron chi connectivity index (χ0n) is 9.38. The average Bonchev–Trinajstić information content (AvgIpc) is 2.31. The Morgan fingerprint density at radius 2 is 2.29 bits per heavy atom. The molecule has 0 saturated heterocycles. The summed E-state index contributed by atoms with van der Waals surface area (Å²) >= 11 is 3.28. The zero-order valence-corrected chi connectivity index (χ0v) is 11.0. The first-order valence-corrected chi connectivity index (χ1v) is 5.59. The summed E-state index contributed by atoms with van der Waals surface area (Å²) in [7, 11) is 1.29. The van der Waals surface area contributed by atoms with Gasteiger partial charge in [0.2, 0.25) is 0 Å². The van der Waals surface area contributed by atoms with Gasteiger partial charge in [-0.3, -0.25) is 0 Å². The van der Waals surface area contributed by atoms with Gasteiger partial charge in [0.15, 0.2) is 6.10 Å². The van der Waals surface area contributed by atoms with Crippen molar-refractivity contribution in [2.45, 2.75) is 13.0 Å².